The molecule has 0 bridgehead atoms. The van der Waals surface area contributed by atoms with Crippen molar-refractivity contribution in [2.45, 2.75) is 0 Å². The summed E-state index contributed by atoms with van der Waals surface area (Å²) in [7, 11) is 0. The molecule has 0 N–H and O–H groups in total. The smallest absolute Gasteiger partial charge is 0.0972 e. The average molecular weight is 737 g/mol. The summed E-state index contributed by atoms with van der Waals surface area (Å²) >= 11 is 0. The van der Waals surface area contributed by atoms with E-state index in [2.05, 4.69) is 212 Å². The van der Waals surface area contributed by atoms with Crippen LogP contribution in [-0.2, 0) is 0 Å². The lowest BCUT2D eigenvalue weighted by Crippen LogP contribution is -1.91. The van der Waals surface area contributed by atoms with Gasteiger partial charge in [-0.05, 0) is 102 Å². The molecule has 0 spiro atoms. The van der Waals surface area contributed by atoms with Gasteiger partial charge in [0.1, 0.15) is 0 Å². The van der Waals surface area contributed by atoms with Gasteiger partial charge in [-0.2, -0.15) is 0 Å². The standard InChI is InChI=1S/C56H36N2/c1-2-13-41(14-3-1)53-31-29-42-27-28-43-30-32-54(58-56(43)55(42)57-53)45-18-8-17-44(33-45)37-23-25-38(26-24-37)46-34-47(51-21-9-15-39-11-4-6-19-49(39)51)36-48(35-46)52-22-10-16-40-12-5-7-20-50(40)52/h1-36H. The number of rotatable bonds is 6. The molecule has 0 amide bonds. The van der Waals surface area contributed by atoms with Gasteiger partial charge in [0.05, 0.1) is 22.4 Å². The van der Waals surface area contributed by atoms with Gasteiger partial charge < -0.3 is 0 Å². The van der Waals surface area contributed by atoms with Crippen molar-refractivity contribution in [2.75, 3.05) is 0 Å². The van der Waals surface area contributed by atoms with Crippen molar-refractivity contribution < 1.29 is 0 Å². The highest BCUT2D eigenvalue weighted by molar-refractivity contribution is 6.04. The highest BCUT2D eigenvalue weighted by Gasteiger charge is 2.13. The number of benzene rings is 9. The zero-order chi connectivity index (χ0) is 38.4. The maximum absolute atomic E-state index is 5.24. The molecule has 0 unspecified atom stereocenters. The summed E-state index contributed by atoms with van der Waals surface area (Å²) in [6, 6.07) is 78.4. The van der Waals surface area contributed by atoms with Gasteiger partial charge in [0.15, 0.2) is 0 Å². The van der Waals surface area contributed by atoms with E-state index in [-0.39, 0.29) is 0 Å². The van der Waals surface area contributed by atoms with Gasteiger partial charge in [0, 0.05) is 21.9 Å². The Balaban J connectivity index is 0.976. The lowest BCUT2D eigenvalue weighted by atomic mass is 9.89. The monoisotopic (exact) mass is 736 g/mol. The molecule has 2 aromatic heterocycles. The van der Waals surface area contributed by atoms with Crippen LogP contribution < -0.4 is 0 Å². The molecule has 2 heterocycles. The Kier molecular flexibility index (Phi) is 8.19. The van der Waals surface area contributed by atoms with Gasteiger partial charge in [0.2, 0.25) is 0 Å². The summed E-state index contributed by atoms with van der Waals surface area (Å²) in [6.45, 7) is 0. The fourth-order valence-electron chi connectivity index (χ4n) is 8.47. The third-order valence-corrected chi connectivity index (χ3v) is 11.4. The Bertz CT molecular complexity index is 3220. The van der Waals surface area contributed by atoms with E-state index < -0.39 is 0 Å². The van der Waals surface area contributed by atoms with Gasteiger partial charge in [-0.15, -0.1) is 0 Å². The van der Waals surface area contributed by atoms with E-state index in [4.69, 9.17) is 9.97 Å². The Morgan fingerprint density at radius 1 is 0.224 bits per heavy atom. The van der Waals surface area contributed by atoms with Crippen molar-refractivity contribution in [1.29, 1.82) is 0 Å². The third kappa shape index (κ3) is 6.09. The van der Waals surface area contributed by atoms with Crippen LogP contribution in [0.5, 0.6) is 0 Å². The van der Waals surface area contributed by atoms with E-state index in [0.29, 0.717) is 0 Å². The van der Waals surface area contributed by atoms with E-state index in [0.717, 1.165) is 55.4 Å². The molecular formula is C56H36N2. The number of fused-ring (bicyclic) bond motifs is 5. The molecule has 0 atom stereocenters. The molecule has 0 aliphatic carbocycles. The largest absolute Gasteiger partial charge is 0.245 e. The minimum Gasteiger partial charge on any atom is -0.245 e. The lowest BCUT2D eigenvalue weighted by molar-refractivity contribution is 1.36. The Morgan fingerprint density at radius 3 is 1.24 bits per heavy atom. The van der Waals surface area contributed by atoms with Gasteiger partial charge in [-0.25, -0.2) is 9.97 Å². The Hall–Kier alpha value is -7.68. The first-order valence-electron chi connectivity index (χ1n) is 19.8. The van der Waals surface area contributed by atoms with Crippen LogP contribution in [0.2, 0.25) is 0 Å². The summed E-state index contributed by atoms with van der Waals surface area (Å²) in [5, 5.41) is 7.15. The normalized spacial score (nSPS) is 11.4. The second kappa shape index (κ2) is 14.1. The molecule has 0 aliphatic rings. The topological polar surface area (TPSA) is 25.8 Å². The fourth-order valence-corrected chi connectivity index (χ4v) is 8.47. The van der Waals surface area contributed by atoms with Gasteiger partial charge in [0.25, 0.3) is 0 Å². The van der Waals surface area contributed by atoms with Crippen molar-refractivity contribution in [2.24, 2.45) is 0 Å². The van der Waals surface area contributed by atoms with Crippen LogP contribution in [0.3, 0.4) is 0 Å². The van der Waals surface area contributed by atoms with Crippen molar-refractivity contribution >= 4 is 43.4 Å². The SMILES string of the molecule is c1ccc(-c2ccc3ccc4ccc(-c5cccc(-c6ccc(-c7cc(-c8cccc9ccccc89)cc(-c8cccc9ccccc89)c7)cc6)c5)nc4c3n2)cc1. The predicted molar refractivity (Wildman–Crippen MR) is 245 cm³/mol. The van der Waals surface area contributed by atoms with Crippen LogP contribution in [0.15, 0.2) is 218 Å². The van der Waals surface area contributed by atoms with E-state index in [1.807, 2.05) is 6.07 Å². The minimum atomic E-state index is 0.913. The number of hydrogen-bond donors (Lipinski definition) is 0. The fraction of sp³-hybridized carbons (Fsp3) is 0. The summed E-state index contributed by atoms with van der Waals surface area (Å²) in [6.07, 6.45) is 0. The first kappa shape index (κ1) is 33.6. The molecule has 270 valence electrons. The molecule has 9 aromatic carbocycles. The highest BCUT2D eigenvalue weighted by atomic mass is 14.8. The van der Waals surface area contributed by atoms with Crippen LogP contribution >= 0.6 is 0 Å². The molecule has 58 heavy (non-hydrogen) atoms. The first-order valence-corrected chi connectivity index (χ1v) is 19.8. The predicted octanol–water partition coefficient (Wildman–Crippen LogP) is 15.1. The molecule has 2 nitrogen and oxygen atoms in total. The van der Waals surface area contributed by atoms with Gasteiger partial charge >= 0.3 is 0 Å². The molecular weight excluding hydrogens is 701 g/mol. The average Bonchev–Trinajstić information content (AvgIpc) is 3.31. The summed E-state index contributed by atoms with van der Waals surface area (Å²) in [4.78, 5) is 10.4. The lowest BCUT2D eigenvalue weighted by Gasteiger charge is -2.15. The molecule has 0 saturated carbocycles. The third-order valence-electron chi connectivity index (χ3n) is 11.4. The van der Waals surface area contributed by atoms with E-state index in [1.165, 1.54) is 54.9 Å². The van der Waals surface area contributed by atoms with Gasteiger partial charge in [-0.1, -0.05) is 182 Å². The van der Waals surface area contributed by atoms with Crippen LogP contribution in [0.4, 0.5) is 0 Å². The maximum atomic E-state index is 5.24. The molecule has 0 fully saturated rings. The molecule has 11 aromatic rings. The van der Waals surface area contributed by atoms with Crippen LogP contribution in [0, 0.1) is 0 Å². The summed E-state index contributed by atoms with van der Waals surface area (Å²) in [5.74, 6) is 0. The Morgan fingerprint density at radius 2 is 0.638 bits per heavy atom. The number of nitrogens with zero attached hydrogens (tertiary/aromatic N) is 2. The van der Waals surface area contributed by atoms with Crippen LogP contribution in [-0.4, -0.2) is 9.97 Å². The van der Waals surface area contributed by atoms with Crippen molar-refractivity contribution in [3.8, 4) is 67.0 Å². The number of aromatic nitrogens is 2. The zero-order valence-electron chi connectivity index (χ0n) is 31.7. The summed E-state index contributed by atoms with van der Waals surface area (Å²) < 4.78 is 0. The first-order chi connectivity index (χ1) is 28.7. The molecule has 0 saturated heterocycles. The van der Waals surface area contributed by atoms with Crippen molar-refractivity contribution in [3.05, 3.63) is 218 Å². The molecule has 11 rings (SSSR count). The molecule has 2 heteroatoms. The molecule has 0 aliphatic heterocycles. The zero-order valence-corrected chi connectivity index (χ0v) is 31.7. The van der Waals surface area contributed by atoms with Crippen LogP contribution in [0.1, 0.15) is 0 Å². The van der Waals surface area contributed by atoms with Crippen LogP contribution in [0.25, 0.3) is 110 Å². The summed E-state index contributed by atoms with van der Waals surface area (Å²) in [5.41, 5.74) is 15.4. The Labute approximate surface area is 337 Å². The number of pyridine rings is 2. The quantitative estimate of drug-likeness (QED) is 0.159. The second-order valence-corrected chi connectivity index (χ2v) is 15.0. The van der Waals surface area contributed by atoms with Crippen molar-refractivity contribution in [3.63, 3.8) is 0 Å². The van der Waals surface area contributed by atoms with Crippen molar-refractivity contribution in [1.82, 2.24) is 9.97 Å². The maximum Gasteiger partial charge on any atom is 0.0972 e. The minimum absolute atomic E-state index is 0.913. The van der Waals surface area contributed by atoms with Gasteiger partial charge in [-0.3, -0.25) is 0 Å². The van der Waals surface area contributed by atoms with E-state index in [9.17, 15) is 0 Å². The molecule has 0 radical (unpaired) electrons. The van der Waals surface area contributed by atoms with E-state index in [1.54, 1.807) is 0 Å². The van der Waals surface area contributed by atoms with E-state index >= 15 is 0 Å². The number of hydrogen-bond acceptors (Lipinski definition) is 2. The second-order valence-electron chi connectivity index (χ2n) is 15.0. The highest BCUT2D eigenvalue weighted by Crippen LogP contribution is 2.39.